The van der Waals surface area contributed by atoms with E-state index in [-0.39, 0.29) is 5.91 Å². The molecule has 1 rings (SSSR count). The summed E-state index contributed by atoms with van der Waals surface area (Å²) in [6.07, 6.45) is 6.41. The SMILES string of the molecule is C=COCCCNC(=O)CCC1CCCNC1. The molecule has 1 aliphatic rings. The number of rotatable bonds is 8. The summed E-state index contributed by atoms with van der Waals surface area (Å²) in [5.74, 6) is 0.841. The van der Waals surface area contributed by atoms with Crippen molar-refractivity contribution in [3.63, 3.8) is 0 Å². The molecular weight excluding hydrogens is 216 g/mol. The first kappa shape index (κ1) is 14.0. The van der Waals surface area contributed by atoms with Gasteiger partial charge in [0.1, 0.15) is 0 Å². The fourth-order valence-electron chi connectivity index (χ4n) is 2.06. The summed E-state index contributed by atoms with van der Waals surface area (Å²) in [6, 6.07) is 0. The van der Waals surface area contributed by atoms with Crippen molar-refractivity contribution in [3.05, 3.63) is 12.8 Å². The smallest absolute Gasteiger partial charge is 0.220 e. The van der Waals surface area contributed by atoms with Gasteiger partial charge < -0.3 is 15.4 Å². The average Bonchev–Trinajstić information content (AvgIpc) is 2.37. The largest absolute Gasteiger partial charge is 0.502 e. The van der Waals surface area contributed by atoms with Gasteiger partial charge in [-0.05, 0) is 44.7 Å². The molecule has 1 saturated heterocycles. The van der Waals surface area contributed by atoms with Crippen LogP contribution in [0.1, 0.15) is 32.1 Å². The van der Waals surface area contributed by atoms with Crippen LogP contribution in [0.25, 0.3) is 0 Å². The summed E-state index contributed by atoms with van der Waals surface area (Å²) in [5, 5.41) is 6.27. The van der Waals surface area contributed by atoms with Crippen molar-refractivity contribution in [1.82, 2.24) is 10.6 Å². The summed E-state index contributed by atoms with van der Waals surface area (Å²) in [6.45, 7) is 6.97. The van der Waals surface area contributed by atoms with E-state index in [4.69, 9.17) is 4.74 Å². The molecule has 1 fully saturated rings. The lowest BCUT2D eigenvalue weighted by Gasteiger charge is -2.22. The van der Waals surface area contributed by atoms with Gasteiger partial charge in [-0.25, -0.2) is 0 Å². The van der Waals surface area contributed by atoms with Gasteiger partial charge in [-0.1, -0.05) is 6.58 Å². The van der Waals surface area contributed by atoms with Gasteiger partial charge in [0.25, 0.3) is 0 Å². The molecule has 0 aromatic rings. The predicted octanol–water partition coefficient (Wildman–Crippen LogP) is 1.43. The molecule has 0 radical (unpaired) electrons. The Kier molecular flexibility index (Phi) is 7.47. The Bertz CT molecular complexity index is 225. The predicted molar refractivity (Wildman–Crippen MR) is 68.6 cm³/mol. The Morgan fingerprint density at radius 1 is 1.59 bits per heavy atom. The molecular formula is C13H24N2O2. The number of hydrogen-bond donors (Lipinski definition) is 2. The number of amides is 1. The topological polar surface area (TPSA) is 50.4 Å². The summed E-state index contributed by atoms with van der Waals surface area (Å²) in [5.41, 5.74) is 0. The van der Waals surface area contributed by atoms with Crippen LogP contribution in [0.4, 0.5) is 0 Å². The summed E-state index contributed by atoms with van der Waals surface area (Å²) >= 11 is 0. The highest BCUT2D eigenvalue weighted by Crippen LogP contribution is 2.15. The summed E-state index contributed by atoms with van der Waals surface area (Å²) in [7, 11) is 0. The van der Waals surface area contributed by atoms with Crippen LogP contribution in [-0.4, -0.2) is 32.1 Å². The zero-order valence-electron chi connectivity index (χ0n) is 10.5. The minimum Gasteiger partial charge on any atom is -0.502 e. The first-order chi connectivity index (χ1) is 8.33. The van der Waals surface area contributed by atoms with Gasteiger partial charge in [0, 0.05) is 13.0 Å². The Balaban J connectivity index is 1.94. The van der Waals surface area contributed by atoms with Gasteiger partial charge in [-0.15, -0.1) is 0 Å². The highest BCUT2D eigenvalue weighted by atomic mass is 16.5. The van der Waals surface area contributed by atoms with Gasteiger partial charge in [0.15, 0.2) is 0 Å². The van der Waals surface area contributed by atoms with Crippen molar-refractivity contribution < 1.29 is 9.53 Å². The molecule has 4 nitrogen and oxygen atoms in total. The van der Waals surface area contributed by atoms with Gasteiger partial charge >= 0.3 is 0 Å². The van der Waals surface area contributed by atoms with Crippen LogP contribution < -0.4 is 10.6 Å². The molecule has 0 saturated carbocycles. The van der Waals surface area contributed by atoms with E-state index in [1.165, 1.54) is 19.1 Å². The first-order valence-electron chi connectivity index (χ1n) is 6.53. The highest BCUT2D eigenvalue weighted by Gasteiger charge is 2.13. The average molecular weight is 240 g/mol. The molecule has 17 heavy (non-hydrogen) atoms. The lowest BCUT2D eigenvalue weighted by atomic mass is 9.94. The summed E-state index contributed by atoms with van der Waals surface area (Å²) in [4.78, 5) is 11.5. The van der Waals surface area contributed by atoms with E-state index in [0.717, 1.165) is 25.9 Å². The van der Waals surface area contributed by atoms with E-state index < -0.39 is 0 Å². The standard InChI is InChI=1S/C13H24N2O2/c1-2-17-10-4-9-15-13(16)7-6-12-5-3-8-14-11-12/h2,12,14H,1,3-11H2,(H,15,16). The molecule has 4 heteroatoms. The Hall–Kier alpha value is -1.03. The zero-order valence-corrected chi connectivity index (χ0v) is 10.5. The molecule has 0 bridgehead atoms. The van der Waals surface area contributed by atoms with Crippen molar-refractivity contribution in [2.24, 2.45) is 5.92 Å². The molecule has 1 heterocycles. The van der Waals surface area contributed by atoms with Crippen LogP contribution in [0.5, 0.6) is 0 Å². The molecule has 1 atom stereocenters. The second-order valence-corrected chi connectivity index (χ2v) is 4.49. The Labute approximate surface area is 104 Å². The first-order valence-corrected chi connectivity index (χ1v) is 6.53. The Morgan fingerprint density at radius 3 is 3.18 bits per heavy atom. The van der Waals surface area contributed by atoms with Crippen LogP contribution in [0.3, 0.4) is 0 Å². The van der Waals surface area contributed by atoms with Crippen molar-refractivity contribution in [1.29, 1.82) is 0 Å². The second-order valence-electron chi connectivity index (χ2n) is 4.49. The van der Waals surface area contributed by atoms with Gasteiger partial charge in [0.05, 0.1) is 12.9 Å². The van der Waals surface area contributed by atoms with E-state index in [0.29, 0.717) is 25.5 Å². The van der Waals surface area contributed by atoms with Crippen LogP contribution in [0.2, 0.25) is 0 Å². The van der Waals surface area contributed by atoms with E-state index in [2.05, 4.69) is 17.2 Å². The number of ether oxygens (including phenoxy) is 1. The maximum absolute atomic E-state index is 11.5. The second kappa shape index (κ2) is 9.05. The fourth-order valence-corrected chi connectivity index (χ4v) is 2.06. The molecule has 98 valence electrons. The van der Waals surface area contributed by atoms with E-state index in [9.17, 15) is 4.79 Å². The third-order valence-corrected chi connectivity index (χ3v) is 3.06. The fraction of sp³-hybridized carbons (Fsp3) is 0.769. The number of hydrogen-bond acceptors (Lipinski definition) is 3. The third kappa shape index (κ3) is 7.00. The van der Waals surface area contributed by atoms with Gasteiger partial charge in [-0.3, -0.25) is 4.79 Å². The van der Waals surface area contributed by atoms with Crippen molar-refractivity contribution in [2.45, 2.75) is 32.1 Å². The summed E-state index contributed by atoms with van der Waals surface area (Å²) < 4.78 is 4.97. The zero-order chi connectivity index (χ0) is 12.3. The van der Waals surface area contributed by atoms with Crippen molar-refractivity contribution in [3.8, 4) is 0 Å². The molecule has 0 spiro atoms. The number of carbonyl (C=O) groups excluding carboxylic acids is 1. The van der Waals surface area contributed by atoms with Crippen LogP contribution in [-0.2, 0) is 9.53 Å². The van der Waals surface area contributed by atoms with E-state index in [1.807, 2.05) is 0 Å². The molecule has 1 amide bonds. The van der Waals surface area contributed by atoms with Crippen LogP contribution in [0.15, 0.2) is 12.8 Å². The highest BCUT2D eigenvalue weighted by molar-refractivity contribution is 5.75. The third-order valence-electron chi connectivity index (χ3n) is 3.06. The van der Waals surface area contributed by atoms with E-state index in [1.54, 1.807) is 0 Å². The molecule has 1 unspecified atom stereocenters. The maximum atomic E-state index is 11.5. The van der Waals surface area contributed by atoms with Crippen molar-refractivity contribution >= 4 is 5.91 Å². The number of piperidine rings is 1. The molecule has 0 aromatic carbocycles. The maximum Gasteiger partial charge on any atom is 0.220 e. The molecule has 2 N–H and O–H groups in total. The lowest BCUT2D eigenvalue weighted by molar-refractivity contribution is -0.121. The van der Waals surface area contributed by atoms with Gasteiger partial charge in [-0.2, -0.15) is 0 Å². The molecule has 0 aromatic heterocycles. The normalized spacial score (nSPS) is 19.6. The quantitative estimate of drug-likeness (QED) is 0.498. The monoisotopic (exact) mass is 240 g/mol. The minimum absolute atomic E-state index is 0.161. The van der Waals surface area contributed by atoms with Crippen LogP contribution >= 0.6 is 0 Å². The van der Waals surface area contributed by atoms with E-state index >= 15 is 0 Å². The molecule has 0 aliphatic carbocycles. The van der Waals surface area contributed by atoms with Crippen molar-refractivity contribution in [2.75, 3.05) is 26.2 Å². The van der Waals surface area contributed by atoms with Crippen LogP contribution in [0, 0.1) is 5.92 Å². The minimum atomic E-state index is 0.161. The van der Waals surface area contributed by atoms with Gasteiger partial charge in [0.2, 0.25) is 5.91 Å². The lowest BCUT2D eigenvalue weighted by Crippen LogP contribution is -2.31. The Morgan fingerprint density at radius 2 is 2.47 bits per heavy atom. The number of nitrogens with one attached hydrogen (secondary N) is 2. The number of carbonyl (C=O) groups is 1. The molecule has 1 aliphatic heterocycles.